The molecule has 3 fully saturated rings. The molecule has 0 bridgehead atoms. The Balaban J connectivity index is 1.30. The Morgan fingerprint density at radius 3 is 2.46 bits per heavy atom. The van der Waals surface area contributed by atoms with Crippen LogP contribution in [0.3, 0.4) is 0 Å². The zero-order valence-electron chi connectivity index (χ0n) is 17.1. The molecule has 1 N–H and O–H groups in total. The number of ketones is 1. The number of fused-ring (bicyclic) bond motifs is 1. The highest BCUT2D eigenvalue weighted by Gasteiger charge is 2.46. The smallest absolute Gasteiger partial charge is 0.234 e. The summed E-state index contributed by atoms with van der Waals surface area (Å²) in [4.78, 5) is 27.3. The molecular formula is C24H34N2O2. The van der Waals surface area contributed by atoms with Crippen molar-refractivity contribution >= 4 is 11.7 Å². The Bertz CT molecular complexity index is 681. The molecule has 2 aliphatic carbocycles. The summed E-state index contributed by atoms with van der Waals surface area (Å²) in [6, 6.07) is 10.8. The Morgan fingerprint density at radius 2 is 1.75 bits per heavy atom. The van der Waals surface area contributed by atoms with Gasteiger partial charge in [0.1, 0.15) is 5.78 Å². The highest BCUT2D eigenvalue weighted by atomic mass is 16.2. The van der Waals surface area contributed by atoms with E-state index in [1.807, 2.05) is 0 Å². The van der Waals surface area contributed by atoms with Crippen molar-refractivity contribution in [2.45, 2.75) is 63.8 Å². The van der Waals surface area contributed by atoms with Crippen LogP contribution in [-0.2, 0) is 9.59 Å². The van der Waals surface area contributed by atoms with Gasteiger partial charge >= 0.3 is 0 Å². The third-order valence-electron chi connectivity index (χ3n) is 7.49. The molecule has 1 heterocycles. The molecule has 3 aliphatic rings. The van der Waals surface area contributed by atoms with Crippen LogP contribution in [0.1, 0.15) is 63.4 Å². The summed E-state index contributed by atoms with van der Waals surface area (Å²) in [5.74, 6) is 2.15. The number of rotatable bonds is 5. The summed E-state index contributed by atoms with van der Waals surface area (Å²) in [6.07, 6.45) is 8.13. The molecule has 0 radical (unpaired) electrons. The summed E-state index contributed by atoms with van der Waals surface area (Å²) in [5, 5.41) is 3.30. The number of hydrogen-bond donors (Lipinski definition) is 1. The quantitative estimate of drug-likeness (QED) is 0.843. The molecule has 0 spiro atoms. The first kappa shape index (κ1) is 19.6. The molecule has 1 aromatic carbocycles. The number of amides is 1. The minimum atomic E-state index is 0.0286. The number of carbonyl (C=O) groups is 2. The lowest BCUT2D eigenvalue weighted by molar-refractivity contribution is -0.125. The number of hydrogen-bond acceptors (Lipinski definition) is 3. The predicted octanol–water partition coefficient (Wildman–Crippen LogP) is 3.77. The number of nitrogens with one attached hydrogen (secondary N) is 1. The standard InChI is InChI=1S/C24H34N2O2/c1-17(27)22-15-20-9-5-6-10-21(20)24(22)25-23(28)16-26-13-11-19(12-14-26)18-7-3-2-4-8-18/h2-4,7-8,19-22,24H,5-6,9-16H2,1H3,(H,25,28). The van der Waals surface area contributed by atoms with Gasteiger partial charge in [0.15, 0.2) is 0 Å². The van der Waals surface area contributed by atoms with Gasteiger partial charge in [-0.15, -0.1) is 0 Å². The number of benzene rings is 1. The zero-order chi connectivity index (χ0) is 19.5. The fraction of sp³-hybridized carbons (Fsp3) is 0.667. The van der Waals surface area contributed by atoms with Gasteiger partial charge in [0.2, 0.25) is 5.91 Å². The molecule has 28 heavy (non-hydrogen) atoms. The summed E-state index contributed by atoms with van der Waals surface area (Å²) >= 11 is 0. The third-order valence-corrected chi connectivity index (χ3v) is 7.49. The van der Waals surface area contributed by atoms with Gasteiger partial charge in [-0.05, 0) is 69.0 Å². The van der Waals surface area contributed by atoms with Gasteiger partial charge in [0.05, 0.1) is 6.54 Å². The van der Waals surface area contributed by atoms with Crippen LogP contribution < -0.4 is 5.32 Å². The van der Waals surface area contributed by atoms with Crippen LogP contribution in [0.2, 0.25) is 0 Å². The SMILES string of the molecule is CC(=O)C1CC2CCCCC2C1NC(=O)CN1CCC(c2ccccc2)CC1. The van der Waals surface area contributed by atoms with Crippen LogP contribution in [0.5, 0.6) is 0 Å². The largest absolute Gasteiger partial charge is 0.351 e. The number of likely N-dealkylation sites (tertiary alicyclic amines) is 1. The van der Waals surface area contributed by atoms with Crippen molar-refractivity contribution in [3.63, 3.8) is 0 Å². The van der Waals surface area contributed by atoms with Crippen molar-refractivity contribution < 1.29 is 9.59 Å². The molecule has 4 atom stereocenters. The summed E-state index contributed by atoms with van der Waals surface area (Å²) < 4.78 is 0. The second kappa shape index (κ2) is 8.77. The van der Waals surface area contributed by atoms with Crippen LogP contribution in [0.15, 0.2) is 30.3 Å². The lowest BCUT2D eigenvalue weighted by Gasteiger charge is -2.33. The minimum absolute atomic E-state index is 0.0286. The van der Waals surface area contributed by atoms with Gasteiger partial charge in [-0.25, -0.2) is 0 Å². The highest BCUT2D eigenvalue weighted by molar-refractivity contribution is 5.82. The molecule has 0 aromatic heterocycles. The lowest BCUT2D eigenvalue weighted by Crippen LogP contribution is -2.49. The number of piperidine rings is 1. The minimum Gasteiger partial charge on any atom is -0.351 e. The Kier molecular flexibility index (Phi) is 6.15. The monoisotopic (exact) mass is 382 g/mol. The van der Waals surface area contributed by atoms with E-state index < -0.39 is 0 Å². The van der Waals surface area contributed by atoms with E-state index in [1.54, 1.807) is 6.92 Å². The first-order valence-electron chi connectivity index (χ1n) is 11.2. The molecular weight excluding hydrogens is 348 g/mol. The third kappa shape index (κ3) is 4.32. The number of Topliss-reactive ketones (excluding diaryl/α,β-unsaturated/α-hetero) is 1. The maximum absolute atomic E-state index is 12.8. The first-order valence-corrected chi connectivity index (χ1v) is 11.2. The highest BCUT2D eigenvalue weighted by Crippen LogP contribution is 2.45. The van der Waals surface area contributed by atoms with E-state index in [2.05, 4.69) is 40.5 Å². The molecule has 1 aliphatic heterocycles. The normalized spacial score (nSPS) is 31.3. The van der Waals surface area contributed by atoms with Crippen molar-refractivity contribution in [2.75, 3.05) is 19.6 Å². The van der Waals surface area contributed by atoms with Crippen LogP contribution >= 0.6 is 0 Å². The number of nitrogens with zero attached hydrogens (tertiary/aromatic N) is 1. The summed E-state index contributed by atoms with van der Waals surface area (Å²) in [6.45, 7) is 4.12. The molecule has 1 amide bonds. The van der Waals surface area contributed by atoms with E-state index >= 15 is 0 Å². The van der Waals surface area contributed by atoms with Gasteiger partial charge in [-0.2, -0.15) is 0 Å². The van der Waals surface area contributed by atoms with Crippen LogP contribution in [0, 0.1) is 17.8 Å². The topological polar surface area (TPSA) is 49.4 Å². The van der Waals surface area contributed by atoms with Crippen molar-refractivity contribution in [1.82, 2.24) is 10.2 Å². The second-order valence-corrected chi connectivity index (χ2v) is 9.22. The molecule has 4 rings (SSSR count). The van der Waals surface area contributed by atoms with Crippen molar-refractivity contribution in [1.29, 1.82) is 0 Å². The van der Waals surface area contributed by atoms with E-state index in [1.165, 1.54) is 31.2 Å². The molecule has 2 saturated carbocycles. The Morgan fingerprint density at radius 1 is 1.04 bits per heavy atom. The summed E-state index contributed by atoms with van der Waals surface area (Å²) in [7, 11) is 0. The average Bonchev–Trinajstić information content (AvgIpc) is 3.08. The zero-order valence-corrected chi connectivity index (χ0v) is 17.1. The first-order chi connectivity index (χ1) is 13.6. The van der Waals surface area contributed by atoms with Crippen molar-refractivity contribution in [3.05, 3.63) is 35.9 Å². The molecule has 4 unspecified atom stereocenters. The Hall–Kier alpha value is -1.68. The van der Waals surface area contributed by atoms with Crippen molar-refractivity contribution in [3.8, 4) is 0 Å². The van der Waals surface area contributed by atoms with Gasteiger partial charge in [0, 0.05) is 12.0 Å². The van der Waals surface area contributed by atoms with Crippen LogP contribution in [0.4, 0.5) is 0 Å². The predicted molar refractivity (Wildman–Crippen MR) is 111 cm³/mol. The van der Waals surface area contributed by atoms with Crippen LogP contribution in [-0.4, -0.2) is 42.3 Å². The van der Waals surface area contributed by atoms with Gasteiger partial charge in [-0.1, -0.05) is 49.6 Å². The van der Waals surface area contributed by atoms with E-state index in [0.29, 0.717) is 24.3 Å². The lowest BCUT2D eigenvalue weighted by atomic mass is 9.80. The van der Waals surface area contributed by atoms with Crippen molar-refractivity contribution in [2.24, 2.45) is 17.8 Å². The maximum atomic E-state index is 12.8. The van der Waals surface area contributed by atoms with Gasteiger partial charge in [-0.3, -0.25) is 14.5 Å². The Labute approximate surface area is 169 Å². The second-order valence-electron chi connectivity index (χ2n) is 9.22. The molecule has 152 valence electrons. The van der Waals surface area contributed by atoms with E-state index in [9.17, 15) is 9.59 Å². The number of carbonyl (C=O) groups excluding carboxylic acids is 2. The maximum Gasteiger partial charge on any atom is 0.234 e. The molecule has 1 aromatic rings. The summed E-state index contributed by atoms with van der Waals surface area (Å²) in [5.41, 5.74) is 1.42. The van der Waals surface area contributed by atoms with Gasteiger partial charge in [0.25, 0.3) is 0 Å². The van der Waals surface area contributed by atoms with Crippen LogP contribution in [0.25, 0.3) is 0 Å². The molecule has 4 nitrogen and oxygen atoms in total. The van der Waals surface area contributed by atoms with E-state index in [0.717, 1.165) is 32.4 Å². The fourth-order valence-electron chi connectivity index (χ4n) is 5.98. The fourth-order valence-corrected chi connectivity index (χ4v) is 5.98. The average molecular weight is 383 g/mol. The molecule has 4 heteroatoms. The van der Waals surface area contributed by atoms with E-state index in [4.69, 9.17) is 0 Å². The van der Waals surface area contributed by atoms with Gasteiger partial charge < -0.3 is 5.32 Å². The van der Waals surface area contributed by atoms with E-state index in [-0.39, 0.29) is 23.7 Å². The molecule has 1 saturated heterocycles.